The second kappa shape index (κ2) is 6.66. The van der Waals surface area contributed by atoms with Gasteiger partial charge in [-0.2, -0.15) is 0 Å². The number of ketones is 3. The summed E-state index contributed by atoms with van der Waals surface area (Å²) in [5, 5.41) is 0. The summed E-state index contributed by atoms with van der Waals surface area (Å²) >= 11 is 0. The molecule has 1 aliphatic carbocycles. The molecule has 0 N–H and O–H groups in total. The van der Waals surface area contributed by atoms with Crippen LogP contribution in [0.1, 0.15) is 61.7 Å². The molecule has 0 amide bonds. The van der Waals surface area contributed by atoms with Crippen molar-refractivity contribution in [3.63, 3.8) is 0 Å². The molecule has 2 rings (SSSR count). The maximum atomic E-state index is 13.4. The zero-order valence-corrected chi connectivity index (χ0v) is 18.1. The molecule has 0 heterocycles. The van der Waals surface area contributed by atoms with Crippen LogP contribution >= 0.6 is 0 Å². The van der Waals surface area contributed by atoms with Gasteiger partial charge in [-0.3, -0.25) is 14.4 Å². The normalized spacial score (nSPS) is 26.9. The highest BCUT2D eigenvalue weighted by molar-refractivity contribution is 6.28. The van der Waals surface area contributed by atoms with E-state index in [1.54, 1.807) is 13.2 Å². The molecule has 1 aliphatic rings. The fourth-order valence-corrected chi connectivity index (χ4v) is 4.43. The van der Waals surface area contributed by atoms with E-state index in [4.69, 9.17) is 4.74 Å². The van der Waals surface area contributed by atoms with E-state index < -0.39 is 22.2 Å². The molecule has 1 aromatic rings. The van der Waals surface area contributed by atoms with Gasteiger partial charge in [0.05, 0.1) is 6.61 Å². The average molecular weight is 373 g/mol. The van der Waals surface area contributed by atoms with E-state index in [1.165, 1.54) is 0 Å². The minimum atomic E-state index is -1.26. The largest absolute Gasteiger partial charge is 0.384 e. The molecule has 1 aromatic carbocycles. The first-order chi connectivity index (χ1) is 12.3. The van der Waals surface area contributed by atoms with Crippen LogP contribution in [-0.4, -0.2) is 31.1 Å². The summed E-state index contributed by atoms with van der Waals surface area (Å²) in [6, 6.07) is 3.61. The first-order valence-electron chi connectivity index (χ1n) is 9.44. The van der Waals surface area contributed by atoms with Gasteiger partial charge in [-0.25, -0.2) is 0 Å². The Balaban J connectivity index is 2.63. The molecular formula is C23H32O4. The number of rotatable bonds is 4. The van der Waals surface area contributed by atoms with Crippen molar-refractivity contribution in [3.8, 4) is 0 Å². The van der Waals surface area contributed by atoms with E-state index in [9.17, 15) is 14.4 Å². The molecule has 1 fully saturated rings. The Kier molecular flexibility index (Phi) is 5.30. The van der Waals surface area contributed by atoms with Crippen LogP contribution in [0.15, 0.2) is 12.1 Å². The Morgan fingerprint density at radius 1 is 0.926 bits per heavy atom. The zero-order chi connectivity index (χ0) is 20.9. The molecule has 0 atom stereocenters. The Bertz CT molecular complexity index is 786. The van der Waals surface area contributed by atoms with Crippen LogP contribution in [0.25, 0.3) is 0 Å². The fourth-order valence-electron chi connectivity index (χ4n) is 4.43. The quantitative estimate of drug-likeness (QED) is 0.585. The molecule has 0 unspecified atom stereocenters. The van der Waals surface area contributed by atoms with E-state index in [0.29, 0.717) is 5.56 Å². The van der Waals surface area contributed by atoms with Gasteiger partial charge in [0.1, 0.15) is 5.92 Å². The second-order valence-corrected chi connectivity index (χ2v) is 9.22. The Hall–Kier alpha value is -1.81. The molecule has 27 heavy (non-hydrogen) atoms. The lowest BCUT2D eigenvalue weighted by Gasteiger charge is -2.56. The minimum Gasteiger partial charge on any atom is -0.384 e. The standard InChI is InChI=1S/C23H32O4/c1-13-10-11-16(15(3)14(13)2)18(24)17-19(25)21(4,5)23(8,12-27-9)22(6,7)20(17)26/h10-11,17H,12H2,1-9H3. The van der Waals surface area contributed by atoms with Gasteiger partial charge in [-0.15, -0.1) is 0 Å². The maximum Gasteiger partial charge on any atom is 0.181 e. The molecule has 4 heteroatoms. The lowest BCUT2D eigenvalue weighted by Crippen LogP contribution is -2.65. The van der Waals surface area contributed by atoms with Gasteiger partial charge in [0.2, 0.25) is 0 Å². The zero-order valence-electron chi connectivity index (χ0n) is 18.1. The van der Waals surface area contributed by atoms with Crippen molar-refractivity contribution in [2.75, 3.05) is 13.7 Å². The maximum absolute atomic E-state index is 13.4. The third kappa shape index (κ3) is 2.80. The topological polar surface area (TPSA) is 60.4 Å². The minimum absolute atomic E-state index is 0.272. The van der Waals surface area contributed by atoms with Crippen LogP contribution in [0.2, 0.25) is 0 Å². The summed E-state index contributed by atoms with van der Waals surface area (Å²) in [4.78, 5) is 40.2. The highest BCUT2D eigenvalue weighted by Gasteiger charge is 2.66. The van der Waals surface area contributed by atoms with Crippen molar-refractivity contribution in [2.45, 2.75) is 55.4 Å². The Labute approximate surface area is 162 Å². The fraction of sp³-hybridized carbons (Fsp3) is 0.609. The summed E-state index contributed by atoms with van der Waals surface area (Å²) in [5.74, 6) is -2.27. The van der Waals surface area contributed by atoms with Crippen molar-refractivity contribution in [2.24, 2.45) is 22.2 Å². The predicted molar refractivity (Wildman–Crippen MR) is 106 cm³/mol. The van der Waals surface area contributed by atoms with Crippen LogP contribution in [0, 0.1) is 42.9 Å². The smallest absolute Gasteiger partial charge is 0.181 e. The molecule has 4 nitrogen and oxygen atoms in total. The number of benzene rings is 1. The number of ether oxygens (including phenoxy) is 1. The Morgan fingerprint density at radius 3 is 1.85 bits per heavy atom. The van der Waals surface area contributed by atoms with Gasteiger partial charge in [0.15, 0.2) is 17.3 Å². The van der Waals surface area contributed by atoms with Crippen LogP contribution in [0.4, 0.5) is 0 Å². The van der Waals surface area contributed by atoms with Crippen LogP contribution < -0.4 is 0 Å². The van der Waals surface area contributed by atoms with Crippen molar-refractivity contribution >= 4 is 17.3 Å². The molecule has 0 radical (unpaired) electrons. The van der Waals surface area contributed by atoms with Gasteiger partial charge in [-0.1, -0.05) is 46.8 Å². The molecule has 148 valence electrons. The summed E-state index contributed by atoms with van der Waals surface area (Å²) < 4.78 is 5.39. The molecule has 1 saturated carbocycles. The number of methoxy groups -OCH3 is 1. The summed E-state index contributed by atoms with van der Waals surface area (Å²) in [6.45, 7) is 15.3. The number of carbonyl (C=O) groups is 3. The van der Waals surface area contributed by atoms with Crippen molar-refractivity contribution in [1.82, 2.24) is 0 Å². The second-order valence-electron chi connectivity index (χ2n) is 9.22. The van der Waals surface area contributed by atoms with Crippen molar-refractivity contribution < 1.29 is 19.1 Å². The monoisotopic (exact) mass is 372 g/mol. The molecule has 0 aliphatic heterocycles. The van der Waals surface area contributed by atoms with E-state index in [-0.39, 0.29) is 24.0 Å². The van der Waals surface area contributed by atoms with Gasteiger partial charge < -0.3 is 4.74 Å². The average Bonchev–Trinajstić information content (AvgIpc) is 2.58. The highest BCUT2D eigenvalue weighted by atomic mass is 16.5. The third-order valence-corrected chi connectivity index (χ3v) is 7.53. The number of hydrogen-bond donors (Lipinski definition) is 0. The molecule has 0 saturated heterocycles. The first kappa shape index (κ1) is 21.5. The van der Waals surface area contributed by atoms with Crippen molar-refractivity contribution in [3.05, 3.63) is 34.4 Å². The number of Topliss-reactive ketones (excluding diaryl/α,β-unsaturated/α-hetero) is 3. The number of aryl methyl sites for hydroxylation is 1. The van der Waals surface area contributed by atoms with E-state index in [0.717, 1.165) is 16.7 Å². The van der Waals surface area contributed by atoms with Crippen LogP contribution in [0.3, 0.4) is 0 Å². The Morgan fingerprint density at radius 2 is 1.41 bits per heavy atom. The highest BCUT2D eigenvalue weighted by Crippen LogP contribution is 2.58. The van der Waals surface area contributed by atoms with E-state index >= 15 is 0 Å². The van der Waals surface area contributed by atoms with E-state index in [2.05, 4.69) is 0 Å². The predicted octanol–water partition coefficient (Wildman–Crippen LogP) is 4.27. The summed E-state index contributed by atoms with van der Waals surface area (Å²) in [6.07, 6.45) is 0. The van der Waals surface area contributed by atoms with Gasteiger partial charge in [0.25, 0.3) is 0 Å². The number of carbonyl (C=O) groups excluding carboxylic acids is 3. The summed E-state index contributed by atoms with van der Waals surface area (Å²) in [5.41, 5.74) is 0.923. The third-order valence-electron chi connectivity index (χ3n) is 7.53. The molecule has 0 bridgehead atoms. The molecule has 0 spiro atoms. The lowest BCUT2D eigenvalue weighted by atomic mass is 9.44. The SMILES string of the molecule is COCC1(C)C(C)(C)C(=O)C(C(=O)c2ccc(C)c(C)c2C)C(=O)C1(C)C. The number of hydrogen-bond acceptors (Lipinski definition) is 4. The van der Waals surface area contributed by atoms with Gasteiger partial charge in [0, 0.05) is 28.9 Å². The van der Waals surface area contributed by atoms with Gasteiger partial charge in [-0.05, 0) is 37.5 Å². The summed E-state index contributed by atoms with van der Waals surface area (Å²) in [7, 11) is 1.57. The van der Waals surface area contributed by atoms with Crippen LogP contribution in [-0.2, 0) is 14.3 Å². The lowest BCUT2D eigenvalue weighted by molar-refractivity contribution is -0.174. The van der Waals surface area contributed by atoms with Gasteiger partial charge >= 0.3 is 0 Å². The first-order valence-corrected chi connectivity index (χ1v) is 9.44. The van der Waals surface area contributed by atoms with Crippen molar-refractivity contribution in [1.29, 1.82) is 0 Å². The molecule has 0 aromatic heterocycles. The van der Waals surface area contributed by atoms with Crippen LogP contribution in [0.5, 0.6) is 0 Å². The molecular weight excluding hydrogens is 340 g/mol. The van der Waals surface area contributed by atoms with E-state index in [1.807, 2.05) is 61.5 Å².